The van der Waals surface area contributed by atoms with E-state index < -0.39 is 0 Å². The molecule has 2 aromatic rings. The van der Waals surface area contributed by atoms with E-state index in [1.165, 1.54) is 19.3 Å². The van der Waals surface area contributed by atoms with Crippen LogP contribution in [0.4, 0.5) is 0 Å². The smallest absolute Gasteiger partial charge is 0.254 e. The van der Waals surface area contributed by atoms with Gasteiger partial charge in [0.2, 0.25) is 0 Å². The van der Waals surface area contributed by atoms with Gasteiger partial charge in [-0.3, -0.25) is 4.79 Å². The van der Waals surface area contributed by atoms with Gasteiger partial charge in [0.1, 0.15) is 0 Å². The van der Waals surface area contributed by atoms with Crippen molar-refractivity contribution in [1.29, 1.82) is 0 Å². The molecular formula is C21H27ClN4O. The van der Waals surface area contributed by atoms with Crippen LogP contribution in [0.25, 0.3) is 5.69 Å². The van der Waals surface area contributed by atoms with E-state index in [0.29, 0.717) is 17.6 Å². The number of carbonyl (C=O) groups excluding carboxylic acids is 1. The number of nitrogens with one attached hydrogen (secondary N) is 2. The Labute approximate surface area is 165 Å². The predicted molar refractivity (Wildman–Crippen MR) is 111 cm³/mol. The van der Waals surface area contributed by atoms with Crippen molar-refractivity contribution in [2.45, 2.75) is 52.0 Å². The van der Waals surface area contributed by atoms with Gasteiger partial charge in [0.15, 0.2) is 0 Å². The summed E-state index contributed by atoms with van der Waals surface area (Å²) in [5, 5.41) is 8.14. The number of halogens is 1. The lowest BCUT2D eigenvalue weighted by Gasteiger charge is -2.22. The van der Waals surface area contributed by atoms with Gasteiger partial charge in [-0.2, -0.15) is 5.10 Å². The normalized spacial score (nSPS) is 15.4. The molecule has 0 spiro atoms. The monoisotopic (exact) mass is 386 g/mol. The van der Waals surface area contributed by atoms with Gasteiger partial charge in [-0.25, -0.2) is 5.43 Å². The van der Waals surface area contributed by atoms with Gasteiger partial charge >= 0.3 is 0 Å². The summed E-state index contributed by atoms with van der Waals surface area (Å²) < 4.78 is 2.09. The molecule has 5 nitrogen and oxygen atoms in total. The molecule has 6 heteroatoms. The maximum absolute atomic E-state index is 12.0. The average Bonchev–Trinajstić information content (AvgIpc) is 2.95. The van der Waals surface area contributed by atoms with Crippen molar-refractivity contribution in [3.8, 4) is 5.69 Å². The number of aromatic nitrogens is 1. The molecule has 1 heterocycles. The van der Waals surface area contributed by atoms with Crippen molar-refractivity contribution in [3.63, 3.8) is 0 Å². The van der Waals surface area contributed by atoms with Crippen molar-refractivity contribution >= 4 is 23.7 Å². The molecule has 1 aliphatic carbocycles. The number of carbonyl (C=O) groups is 1. The Kier molecular flexibility index (Phi) is 6.69. The highest BCUT2D eigenvalue weighted by molar-refractivity contribution is 6.32. The van der Waals surface area contributed by atoms with Gasteiger partial charge < -0.3 is 9.88 Å². The fourth-order valence-electron chi connectivity index (χ4n) is 3.68. The van der Waals surface area contributed by atoms with Crippen molar-refractivity contribution in [1.82, 2.24) is 15.3 Å². The summed E-state index contributed by atoms with van der Waals surface area (Å²) in [6.07, 6.45) is 7.81. The fraction of sp³-hybridized carbons (Fsp3) is 0.429. The lowest BCUT2D eigenvalue weighted by atomic mass is 9.95. The summed E-state index contributed by atoms with van der Waals surface area (Å²) in [5.74, 6) is -0.114. The van der Waals surface area contributed by atoms with E-state index in [4.69, 9.17) is 11.6 Å². The van der Waals surface area contributed by atoms with E-state index >= 15 is 0 Å². The van der Waals surface area contributed by atoms with Gasteiger partial charge in [-0.1, -0.05) is 43.0 Å². The maximum Gasteiger partial charge on any atom is 0.254 e. The van der Waals surface area contributed by atoms with Crippen LogP contribution in [0.1, 0.15) is 49.1 Å². The fourth-order valence-corrected chi connectivity index (χ4v) is 3.90. The molecule has 144 valence electrons. The maximum atomic E-state index is 12.0. The topological polar surface area (TPSA) is 58.4 Å². The van der Waals surface area contributed by atoms with Crippen LogP contribution in [-0.4, -0.2) is 29.3 Å². The molecule has 27 heavy (non-hydrogen) atoms. The molecule has 1 amide bonds. The molecule has 3 rings (SSSR count). The Bertz CT molecular complexity index is 822. The zero-order chi connectivity index (χ0) is 19.2. The van der Waals surface area contributed by atoms with Gasteiger partial charge in [0.05, 0.1) is 23.5 Å². The number of amides is 1. The van der Waals surface area contributed by atoms with Gasteiger partial charge in [0.25, 0.3) is 5.91 Å². The SMILES string of the molecule is Cc1cc(/C=N\NC(=O)CNC2CCCCC2)c(C)n1-c1ccccc1Cl. The van der Waals surface area contributed by atoms with Crippen molar-refractivity contribution in [3.05, 3.63) is 52.3 Å². The molecule has 0 atom stereocenters. The number of hydrazone groups is 1. The molecule has 0 aliphatic heterocycles. The van der Waals surface area contributed by atoms with Crippen molar-refractivity contribution in [2.75, 3.05) is 6.54 Å². The van der Waals surface area contributed by atoms with Crippen molar-refractivity contribution < 1.29 is 4.79 Å². The number of benzene rings is 1. The van der Waals surface area contributed by atoms with Crippen LogP contribution in [-0.2, 0) is 4.79 Å². The first-order valence-corrected chi connectivity index (χ1v) is 9.93. The summed E-state index contributed by atoms with van der Waals surface area (Å²) in [7, 11) is 0. The molecule has 1 aromatic carbocycles. The minimum atomic E-state index is -0.114. The van der Waals surface area contributed by atoms with Crippen LogP contribution in [0.3, 0.4) is 0 Å². The Morgan fingerprint density at radius 3 is 2.74 bits per heavy atom. The average molecular weight is 387 g/mol. The standard InChI is InChI=1S/C21H27ClN4O/c1-15-12-17(16(2)26(15)20-11-7-6-10-19(20)22)13-24-25-21(27)14-23-18-8-4-3-5-9-18/h6-7,10-13,18,23H,3-5,8-9,14H2,1-2H3,(H,25,27)/b24-13-. The summed E-state index contributed by atoms with van der Waals surface area (Å²) in [5.41, 5.74) is 6.59. The number of nitrogens with zero attached hydrogens (tertiary/aromatic N) is 2. The highest BCUT2D eigenvalue weighted by Gasteiger charge is 2.14. The largest absolute Gasteiger partial charge is 0.316 e. The number of hydrogen-bond acceptors (Lipinski definition) is 3. The lowest BCUT2D eigenvalue weighted by molar-refractivity contribution is -0.120. The van der Waals surface area contributed by atoms with Crippen LogP contribution in [0.15, 0.2) is 35.4 Å². The third-order valence-electron chi connectivity index (χ3n) is 5.11. The molecule has 0 radical (unpaired) electrons. The van der Waals surface area contributed by atoms with Gasteiger partial charge in [-0.15, -0.1) is 0 Å². The molecular weight excluding hydrogens is 360 g/mol. The lowest BCUT2D eigenvalue weighted by Crippen LogP contribution is -2.38. The minimum Gasteiger partial charge on any atom is -0.316 e. The highest BCUT2D eigenvalue weighted by Crippen LogP contribution is 2.25. The first-order chi connectivity index (χ1) is 13.1. The zero-order valence-electron chi connectivity index (χ0n) is 16.0. The summed E-state index contributed by atoms with van der Waals surface area (Å²) in [6.45, 7) is 4.35. The van der Waals surface area contributed by atoms with Crippen LogP contribution < -0.4 is 10.7 Å². The van der Waals surface area contributed by atoms with E-state index in [-0.39, 0.29) is 5.91 Å². The highest BCUT2D eigenvalue weighted by atomic mass is 35.5. The minimum absolute atomic E-state index is 0.114. The molecule has 1 aromatic heterocycles. The van der Waals surface area contributed by atoms with Crippen LogP contribution >= 0.6 is 11.6 Å². The van der Waals surface area contributed by atoms with Gasteiger partial charge in [-0.05, 0) is 44.9 Å². The van der Waals surface area contributed by atoms with E-state index in [1.54, 1.807) is 6.21 Å². The summed E-state index contributed by atoms with van der Waals surface area (Å²) in [4.78, 5) is 12.0. The van der Waals surface area contributed by atoms with Crippen molar-refractivity contribution in [2.24, 2.45) is 5.10 Å². The number of rotatable bonds is 6. The first-order valence-electron chi connectivity index (χ1n) is 9.55. The van der Waals surface area contributed by atoms with Crippen LogP contribution in [0.5, 0.6) is 0 Å². The predicted octanol–water partition coefficient (Wildman–Crippen LogP) is 4.12. The third kappa shape index (κ3) is 4.99. The molecule has 1 aliphatic rings. The first kappa shape index (κ1) is 19.6. The summed E-state index contributed by atoms with van der Waals surface area (Å²) in [6, 6.07) is 10.2. The molecule has 0 unspecified atom stereocenters. The zero-order valence-corrected chi connectivity index (χ0v) is 16.7. The number of hydrogen-bond donors (Lipinski definition) is 2. The molecule has 1 fully saturated rings. The summed E-state index contributed by atoms with van der Waals surface area (Å²) >= 11 is 6.34. The van der Waals surface area contributed by atoms with E-state index in [9.17, 15) is 4.79 Å². The Balaban J connectivity index is 1.60. The van der Waals surface area contributed by atoms with Crippen LogP contribution in [0.2, 0.25) is 5.02 Å². The Morgan fingerprint density at radius 1 is 1.26 bits per heavy atom. The molecule has 0 saturated heterocycles. The third-order valence-corrected chi connectivity index (χ3v) is 5.43. The molecule has 1 saturated carbocycles. The Morgan fingerprint density at radius 2 is 2.00 bits per heavy atom. The van der Waals surface area contributed by atoms with Gasteiger partial charge in [0, 0.05) is 23.0 Å². The Hall–Kier alpha value is -2.11. The second-order valence-corrected chi connectivity index (χ2v) is 7.53. The molecule has 2 N–H and O–H groups in total. The second-order valence-electron chi connectivity index (χ2n) is 7.12. The second kappa shape index (κ2) is 9.20. The number of aryl methyl sites for hydroxylation is 1. The molecule has 0 bridgehead atoms. The van der Waals surface area contributed by atoms with E-state index in [1.807, 2.05) is 44.2 Å². The quantitative estimate of drug-likeness (QED) is 0.579. The van der Waals surface area contributed by atoms with E-state index in [2.05, 4.69) is 20.4 Å². The van der Waals surface area contributed by atoms with Crippen LogP contribution in [0, 0.1) is 13.8 Å². The van der Waals surface area contributed by atoms with E-state index in [0.717, 1.165) is 35.5 Å². The number of para-hydroxylation sites is 1.